The molecule has 0 fully saturated rings. The van der Waals surface area contributed by atoms with Gasteiger partial charge in [-0.1, -0.05) is 12.6 Å². The van der Waals surface area contributed by atoms with Crippen LogP contribution in [0.2, 0.25) is 0 Å². The molecule has 0 spiro atoms. The summed E-state index contributed by atoms with van der Waals surface area (Å²) in [6, 6.07) is 15.2. The lowest BCUT2D eigenvalue weighted by Gasteiger charge is -2.13. The monoisotopic (exact) mass is 436 g/mol. The summed E-state index contributed by atoms with van der Waals surface area (Å²) in [5.74, 6) is 2.05. The number of ether oxygens (including phenoxy) is 1. The number of carbonyl (C=O) groups is 1. The maximum Gasteiger partial charge on any atom is 0.159 e. The largest absolute Gasteiger partial charge is 0.457 e. The zero-order valence-corrected chi connectivity index (χ0v) is 17.9. The quantitative estimate of drug-likeness (QED) is 0.366. The van der Waals surface area contributed by atoms with Crippen LogP contribution in [0.1, 0.15) is 11.1 Å². The summed E-state index contributed by atoms with van der Waals surface area (Å²) < 4.78 is 7.73. The summed E-state index contributed by atoms with van der Waals surface area (Å²) in [6.07, 6.45) is 6.45. The second-order valence-electron chi connectivity index (χ2n) is 7.55. The normalized spacial score (nSPS) is 10.9. The molecule has 0 saturated carbocycles. The molecule has 5 rings (SSSR count). The maximum atomic E-state index is 11.8. The molecule has 0 aliphatic rings. The van der Waals surface area contributed by atoms with Crippen LogP contribution in [0.5, 0.6) is 11.5 Å². The van der Waals surface area contributed by atoms with E-state index in [1.165, 1.54) is 18.7 Å². The number of pyridine rings is 1. The van der Waals surface area contributed by atoms with Gasteiger partial charge in [0.15, 0.2) is 11.4 Å². The SMILES string of the molecule is C=CC(=O)Cc1ccc2ncnc(Nc3ccc(Oc4ccn5ncnc5c4)c(C)c3)c2c1. The first-order valence-electron chi connectivity index (χ1n) is 10.3. The van der Waals surface area contributed by atoms with Crippen LogP contribution in [0, 0.1) is 6.92 Å². The van der Waals surface area contributed by atoms with E-state index in [2.05, 4.69) is 31.9 Å². The van der Waals surface area contributed by atoms with E-state index in [9.17, 15) is 4.79 Å². The van der Waals surface area contributed by atoms with Crippen molar-refractivity contribution in [3.63, 3.8) is 0 Å². The highest BCUT2D eigenvalue weighted by atomic mass is 16.5. The van der Waals surface area contributed by atoms with E-state index >= 15 is 0 Å². The number of allylic oxidation sites excluding steroid dienone is 1. The predicted octanol–water partition coefficient (Wildman–Crippen LogP) is 4.81. The van der Waals surface area contributed by atoms with E-state index in [0.29, 0.717) is 23.6 Å². The molecular weight excluding hydrogens is 416 g/mol. The fraction of sp³-hybridized carbons (Fsp3) is 0.0800. The average molecular weight is 436 g/mol. The van der Waals surface area contributed by atoms with Crippen LogP contribution in [0.15, 0.2) is 80.0 Å². The maximum absolute atomic E-state index is 11.8. The van der Waals surface area contributed by atoms with Gasteiger partial charge in [-0.25, -0.2) is 19.5 Å². The van der Waals surface area contributed by atoms with Crippen molar-refractivity contribution < 1.29 is 9.53 Å². The van der Waals surface area contributed by atoms with Crippen molar-refractivity contribution in [1.29, 1.82) is 0 Å². The van der Waals surface area contributed by atoms with Gasteiger partial charge in [-0.3, -0.25) is 4.79 Å². The first-order chi connectivity index (χ1) is 16.1. The number of benzene rings is 2. The molecule has 1 N–H and O–H groups in total. The third-order valence-electron chi connectivity index (χ3n) is 5.22. The summed E-state index contributed by atoms with van der Waals surface area (Å²) in [7, 11) is 0. The molecule has 0 unspecified atom stereocenters. The van der Waals surface area contributed by atoms with Crippen LogP contribution in [0.25, 0.3) is 16.6 Å². The van der Waals surface area contributed by atoms with Crippen molar-refractivity contribution in [1.82, 2.24) is 24.6 Å². The van der Waals surface area contributed by atoms with E-state index in [0.717, 1.165) is 33.5 Å². The molecular formula is C25H20N6O2. The minimum Gasteiger partial charge on any atom is -0.457 e. The molecule has 0 saturated heterocycles. The van der Waals surface area contributed by atoms with Gasteiger partial charge in [0.25, 0.3) is 0 Å². The smallest absolute Gasteiger partial charge is 0.159 e. The van der Waals surface area contributed by atoms with Gasteiger partial charge in [0.1, 0.15) is 30.0 Å². The number of fused-ring (bicyclic) bond motifs is 2. The van der Waals surface area contributed by atoms with Gasteiger partial charge < -0.3 is 10.1 Å². The van der Waals surface area contributed by atoms with Gasteiger partial charge in [0.2, 0.25) is 0 Å². The second kappa shape index (κ2) is 8.51. The fourth-order valence-corrected chi connectivity index (χ4v) is 3.55. The number of aryl methyl sites for hydroxylation is 1. The molecule has 8 nitrogen and oxygen atoms in total. The molecule has 162 valence electrons. The molecule has 0 amide bonds. The summed E-state index contributed by atoms with van der Waals surface area (Å²) in [4.78, 5) is 24.7. The lowest BCUT2D eigenvalue weighted by molar-refractivity contribution is -0.114. The standard InChI is InChI=1S/C25H20N6O2/c1-3-19(32)11-17-4-6-22-21(12-17)25(28-14-26-22)30-18-5-7-23(16(2)10-18)33-20-8-9-31-24(13-20)27-15-29-31/h3-10,12-15H,1,11H2,2H3,(H,26,28,30). The molecule has 5 aromatic rings. The number of nitrogens with one attached hydrogen (secondary N) is 1. The fourth-order valence-electron chi connectivity index (χ4n) is 3.55. The number of aromatic nitrogens is 5. The van der Waals surface area contributed by atoms with Gasteiger partial charge in [0, 0.05) is 29.8 Å². The number of carbonyl (C=O) groups excluding carboxylic acids is 1. The lowest BCUT2D eigenvalue weighted by Crippen LogP contribution is -2.00. The van der Waals surface area contributed by atoms with Gasteiger partial charge in [-0.15, -0.1) is 0 Å². The van der Waals surface area contributed by atoms with Crippen molar-refractivity contribution in [2.24, 2.45) is 0 Å². The summed E-state index contributed by atoms with van der Waals surface area (Å²) >= 11 is 0. The van der Waals surface area contributed by atoms with Crippen molar-refractivity contribution in [3.8, 4) is 11.5 Å². The Morgan fingerprint density at radius 1 is 1.09 bits per heavy atom. The van der Waals surface area contributed by atoms with Gasteiger partial charge >= 0.3 is 0 Å². The number of hydrogen-bond donors (Lipinski definition) is 1. The van der Waals surface area contributed by atoms with Crippen LogP contribution in [-0.2, 0) is 11.2 Å². The summed E-state index contributed by atoms with van der Waals surface area (Å²) in [6.45, 7) is 5.52. The molecule has 8 heteroatoms. The van der Waals surface area contributed by atoms with Crippen LogP contribution in [0.3, 0.4) is 0 Å². The molecule has 33 heavy (non-hydrogen) atoms. The Kier molecular flexibility index (Phi) is 5.24. The number of anilines is 2. The molecule has 0 aliphatic heterocycles. The number of ketones is 1. The van der Waals surface area contributed by atoms with E-state index < -0.39 is 0 Å². The molecule has 3 heterocycles. The van der Waals surface area contributed by atoms with Gasteiger partial charge in [-0.05, 0) is 60.5 Å². The highest BCUT2D eigenvalue weighted by Gasteiger charge is 2.09. The third-order valence-corrected chi connectivity index (χ3v) is 5.22. The first-order valence-corrected chi connectivity index (χ1v) is 10.3. The summed E-state index contributed by atoms with van der Waals surface area (Å²) in [5, 5.41) is 8.29. The van der Waals surface area contributed by atoms with Crippen molar-refractivity contribution in [3.05, 3.63) is 91.2 Å². The van der Waals surface area contributed by atoms with Gasteiger partial charge in [0.05, 0.1) is 5.52 Å². The minimum atomic E-state index is -0.0323. The van der Waals surface area contributed by atoms with Crippen molar-refractivity contribution in [2.45, 2.75) is 13.3 Å². The molecule has 0 bridgehead atoms. The first kappa shape index (κ1) is 20.3. The third kappa shape index (κ3) is 4.27. The average Bonchev–Trinajstić information content (AvgIpc) is 3.29. The van der Waals surface area contributed by atoms with E-state index in [-0.39, 0.29) is 5.78 Å². The van der Waals surface area contributed by atoms with E-state index in [1.807, 2.05) is 55.5 Å². The molecule has 0 atom stereocenters. The molecule has 3 aromatic heterocycles. The Morgan fingerprint density at radius 2 is 2.00 bits per heavy atom. The Morgan fingerprint density at radius 3 is 2.85 bits per heavy atom. The van der Waals surface area contributed by atoms with E-state index in [4.69, 9.17) is 4.74 Å². The minimum absolute atomic E-state index is 0.0323. The lowest BCUT2D eigenvalue weighted by atomic mass is 10.1. The molecule has 0 aliphatic carbocycles. The highest BCUT2D eigenvalue weighted by molar-refractivity contribution is 5.94. The van der Waals surface area contributed by atoms with Crippen LogP contribution in [-0.4, -0.2) is 30.3 Å². The van der Waals surface area contributed by atoms with Crippen molar-refractivity contribution in [2.75, 3.05) is 5.32 Å². The zero-order chi connectivity index (χ0) is 22.8. The molecule has 0 radical (unpaired) electrons. The highest BCUT2D eigenvalue weighted by Crippen LogP contribution is 2.30. The van der Waals surface area contributed by atoms with Crippen LogP contribution >= 0.6 is 0 Å². The second-order valence-corrected chi connectivity index (χ2v) is 7.55. The molecule has 2 aromatic carbocycles. The van der Waals surface area contributed by atoms with Crippen LogP contribution in [0.4, 0.5) is 11.5 Å². The topological polar surface area (TPSA) is 94.3 Å². The number of hydrogen-bond acceptors (Lipinski definition) is 7. The predicted molar refractivity (Wildman–Crippen MR) is 126 cm³/mol. The zero-order valence-electron chi connectivity index (χ0n) is 17.9. The van der Waals surface area contributed by atoms with E-state index in [1.54, 1.807) is 10.7 Å². The Balaban J connectivity index is 1.40. The Bertz CT molecular complexity index is 1510. The summed E-state index contributed by atoms with van der Waals surface area (Å²) in [5.41, 5.74) is 4.21. The van der Waals surface area contributed by atoms with Crippen LogP contribution < -0.4 is 10.1 Å². The number of nitrogens with zero attached hydrogens (tertiary/aromatic N) is 5. The number of rotatable bonds is 7. The van der Waals surface area contributed by atoms with Crippen molar-refractivity contribution >= 4 is 33.8 Å². The Hall–Kier alpha value is -4.59. The Labute approximate surface area is 189 Å². The van der Waals surface area contributed by atoms with Gasteiger partial charge in [-0.2, -0.15) is 5.10 Å².